The van der Waals surface area contributed by atoms with Crippen LogP contribution in [-0.4, -0.2) is 22.8 Å². The van der Waals surface area contributed by atoms with Gasteiger partial charge in [-0.2, -0.15) is 0 Å². The first-order chi connectivity index (χ1) is 10.6. The number of carbonyl (C=O) groups excluding carboxylic acids is 2. The van der Waals surface area contributed by atoms with Crippen LogP contribution in [0, 0.1) is 5.82 Å². The van der Waals surface area contributed by atoms with E-state index in [1.807, 2.05) is 0 Å². The predicted molar refractivity (Wildman–Crippen MR) is 77.8 cm³/mol. The summed E-state index contributed by atoms with van der Waals surface area (Å²) in [6.45, 7) is 1.46. The summed E-state index contributed by atoms with van der Waals surface area (Å²) in [5.74, 6) is -1.05. The molecule has 2 aromatic carbocycles. The second-order valence-electron chi connectivity index (χ2n) is 5.08. The molecule has 3 rings (SSSR count). The number of imide groups is 1. The Labute approximate surface area is 127 Å². The third-order valence-electron chi connectivity index (χ3n) is 3.57. The van der Waals surface area contributed by atoms with Crippen LogP contribution in [0.4, 0.5) is 4.39 Å². The molecular weight excluding hydrogens is 285 g/mol. The van der Waals surface area contributed by atoms with Gasteiger partial charge in [0.15, 0.2) is 6.10 Å². The van der Waals surface area contributed by atoms with Gasteiger partial charge in [-0.15, -0.1) is 0 Å². The molecule has 112 valence electrons. The van der Waals surface area contributed by atoms with E-state index in [0.29, 0.717) is 11.3 Å². The lowest BCUT2D eigenvalue weighted by Gasteiger charge is -2.20. The van der Waals surface area contributed by atoms with Crippen molar-refractivity contribution < 1.29 is 18.7 Å². The quantitative estimate of drug-likeness (QED) is 0.801. The molecule has 0 fully saturated rings. The second kappa shape index (κ2) is 5.60. The Hall–Kier alpha value is -2.69. The van der Waals surface area contributed by atoms with Gasteiger partial charge in [-0.1, -0.05) is 30.3 Å². The van der Waals surface area contributed by atoms with Crippen molar-refractivity contribution in [2.24, 2.45) is 0 Å². The fourth-order valence-corrected chi connectivity index (χ4v) is 2.40. The van der Waals surface area contributed by atoms with Gasteiger partial charge in [0, 0.05) is 5.56 Å². The normalized spacial score (nSPS) is 17.7. The second-order valence-corrected chi connectivity index (χ2v) is 5.08. The summed E-state index contributed by atoms with van der Waals surface area (Å²) in [5.41, 5.74) is 0.590. The number of rotatable bonds is 2. The molecule has 1 aliphatic heterocycles. The third-order valence-corrected chi connectivity index (χ3v) is 3.57. The Kier molecular flexibility index (Phi) is 3.63. The van der Waals surface area contributed by atoms with Gasteiger partial charge in [0.05, 0.1) is 12.1 Å². The van der Waals surface area contributed by atoms with Crippen molar-refractivity contribution in [3.05, 3.63) is 65.5 Å². The summed E-state index contributed by atoms with van der Waals surface area (Å²) >= 11 is 0. The molecule has 0 N–H and O–H groups in total. The zero-order valence-electron chi connectivity index (χ0n) is 12.0. The number of halogens is 1. The van der Waals surface area contributed by atoms with Gasteiger partial charge < -0.3 is 4.74 Å². The largest absolute Gasteiger partial charge is 0.480 e. The lowest BCUT2D eigenvalue weighted by Crippen LogP contribution is -2.41. The maximum absolute atomic E-state index is 13.8. The Morgan fingerprint density at radius 3 is 2.55 bits per heavy atom. The minimum Gasteiger partial charge on any atom is -0.480 e. The Morgan fingerprint density at radius 1 is 1.09 bits per heavy atom. The average molecular weight is 299 g/mol. The van der Waals surface area contributed by atoms with Gasteiger partial charge in [-0.25, -0.2) is 4.39 Å². The maximum Gasteiger partial charge on any atom is 0.270 e. The number of ether oxygens (including phenoxy) is 1. The molecule has 22 heavy (non-hydrogen) atoms. The molecule has 1 heterocycles. The minimum absolute atomic E-state index is 0.119. The number of nitrogens with zero attached hydrogens (tertiary/aromatic N) is 1. The number of hydrogen-bond donors (Lipinski definition) is 0. The van der Waals surface area contributed by atoms with Gasteiger partial charge in [-0.05, 0) is 25.1 Å². The topological polar surface area (TPSA) is 46.6 Å². The van der Waals surface area contributed by atoms with Crippen LogP contribution in [0.5, 0.6) is 5.75 Å². The van der Waals surface area contributed by atoms with Crippen LogP contribution >= 0.6 is 0 Å². The molecule has 0 saturated carbocycles. The van der Waals surface area contributed by atoms with Crippen molar-refractivity contribution >= 4 is 11.8 Å². The van der Waals surface area contributed by atoms with Crippen LogP contribution in [0.1, 0.15) is 22.8 Å². The van der Waals surface area contributed by atoms with Gasteiger partial charge in [0.25, 0.3) is 11.8 Å². The SMILES string of the molecule is C[C@@H]1Oc2ccccc2C(=O)N(Cc2ccccc2F)C1=O. The Morgan fingerprint density at radius 2 is 1.77 bits per heavy atom. The van der Waals surface area contributed by atoms with Gasteiger partial charge in [0.1, 0.15) is 11.6 Å². The van der Waals surface area contributed by atoms with Crippen molar-refractivity contribution in [3.8, 4) is 5.75 Å². The number of benzene rings is 2. The van der Waals surface area contributed by atoms with Crippen molar-refractivity contribution in [2.45, 2.75) is 19.6 Å². The van der Waals surface area contributed by atoms with Crippen molar-refractivity contribution in [3.63, 3.8) is 0 Å². The monoisotopic (exact) mass is 299 g/mol. The molecule has 2 aromatic rings. The molecule has 0 bridgehead atoms. The van der Waals surface area contributed by atoms with Crippen molar-refractivity contribution in [1.82, 2.24) is 4.90 Å². The molecule has 0 saturated heterocycles. The minimum atomic E-state index is -0.806. The highest BCUT2D eigenvalue weighted by Gasteiger charge is 2.34. The molecule has 1 aliphatic rings. The van der Waals surface area contributed by atoms with Gasteiger partial charge in [0.2, 0.25) is 0 Å². The van der Waals surface area contributed by atoms with Crippen LogP contribution in [0.2, 0.25) is 0 Å². The van der Waals surface area contributed by atoms with Crippen molar-refractivity contribution in [1.29, 1.82) is 0 Å². The van der Waals surface area contributed by atoms with E-state index in [4.69, 9.17) is 4.74 Å². The molecule has 0 aromatic heterocycles. The molecular formula is C17H14FNO3. The van der Waals surface area contributed by atoms with Crippen LogP contribution in [-0.2, 0) is 11.3 Å². The fraction of sp³-hybridized carbons (Fsp3) is 0.176. The molecule has 0 unspecified atom stereocenters. The lowest BCUT2D eigenvalue weighted by molar-refractivity contribution is -0.135. The summed E-state index contributed by atoms with van der Waals surface area (Å²) in [4.78, 5) is 26.0. The summed E-state index contributed by atoms with van der Waals surface area (Å²) in [6, 6.07) is 12.7. The Bertz CT molecular complexity index is 744. The number of carbonyl (C=O) groups is 2. The average Bonchev–Trinajstić information content (AvgIpc) is 2.61. The summed E-state index contributed by atoms with van der Waals surface area (Å²) in [7, 11) is 0. The zero-order chi connectivity index (χ0) is 15.7. The van der Waals surface area contributed by atoms with Crippen LogP contribution < -0.4 is 4.74 Å². The highest BCUT2D eigenvalue weighted by atomic mass is 19.1. The summed E-state index contributed by atoms with van der Waals surface area (Å²) in [6.07, 6.45) is -0.806. The van der Waals surface area contributed by atoms with Crippen LogP contribution in [0.15, 0.2) is 48.5 Å². The lowest BCUT2D eigenvalue weighted by atomic mass is 10.1. The molecule has 4 nitrogen and oxygen atoms in total. The molecule has 0 radical (unpaired) electrons. The van der Waals surface area contributed by atoms with Gasteiger partial charge in [-0.3, -0.25) is 14.5 Å². The smallest absolute Gasteiger partial charge is 0.270 e. The first-order valence-electron chi connectivity index (χ1n) is 6.92. The first-order valence-corrected chi connectivity index (χ1v) is 6.92. The molecule has 1 atom stereocenters. The van der Waals surface area contributed by atoms with E-state index in [0.717, 1.165) is 4.90 Å². The van der Waals surface area contributed by atoms with E-state index in [1.165, 1.54) is 6.07 Å². The van der Waals surface area contributed by atoms with E-state index in [1.54, 1.807) is 49.4 Å². The predicted octanol–water partition coefficient (Wildman–Crippen LogP) is 2.78. The van der Waals surface area contributed by atoms with E-state index < -0.39 is 23.7 Å². The Balaban J connectivity index is 2.01. The fourth-order valence-electron chi connectivity index (χ4n) is 2.40. The molecule has 5 heteroatoms. The van der Waals surface area contributed by atoms with Gasteiger partial charge >= 0.3 is 0 Å². The van der Waals surface area contributed by atoms with Crippen molar-refractivity contribution in [2.75, 3.05) is 0 Å². The zero-order valence-corrected chi connectivity index (χ0v) is 12.0. The number of hydrogen-bond acceptors (Lipinski definition) is 3. The van der Waals surface area contributed by atoms with E-state index in [-0.39, 0.29) is 12.1 Å². The number of fused-ring (bicyclic) bond motifs is 1. The van der Waals surface area contributed by atoms with E-state index in [2.05, 4.69) is 0 Å². The van der Waals surface area contributed by atoms with Crippen LogP contribution in [0.25, 0.3) is 0 Å². The molecule has 0 aliphatic carbocycles. The summed E-state index contributed by atoms with van der Waals surface area (Å²) < 4.78 is 19.3. The highest BCUT2D eigenvalue weighted by Crippen LogP contribution is 2.26. The third kappa shape index (κ3) is 2.45. The first kappa shape index (κ1) is 14.3. The molecule has 2 amide bonds. The molecule has 0 spiro atoms. The van der Waals surface area contributed by atoms with Crippen LogP contribution in [0.3, 0.4) is 0 Å². The standard InChI is InChI=1S/C17H14FNO3/c1-11-16(20)19(10-12-6-2-4-8-14(12)18)17(21)13-7-3-5-9-15(13)22-11/h2-9,11H,10H2,1H3/t11-/m0/s1. The highest BCUT2D eigenvalue weighted by molar-refractivity contribution is 6.08. The van der Waals surface area contributed by atoms with E-state index >= 15 is 0 Å². The summed E-state index contributed by atoms with van der Waals surface area (Å²) in [5, 5.41) is 0. The number of para-hydroxylation sites is 1. The van der Waals surface area contributed by atoms with E-state index in [9.17, 15) is 14.0 Å². The maximum atomic E-state index is 13.8. The number of amides is 2.